The van der Waals surface area contributed by atoms with Crippen molar-refractivity contribution < 1.29 is 17.9 Å². The van der Waals surface area contributed by atoms with E-state index in [4.69, 9.17) is 16.3 Å². The molecule has 0 spiro atoms. The van der Waals surface area contributed by atoms with Gasteiger partial charge in [0.15, 0.2) is 0 Å². The number of nitrogens with zero attached hydrogens (tertiary/aromatic N) is 1. The fourth-order valence-corrected chi connectivity index (χ4v) is 5.18. The number of sulfonamides is 1. The summed E-state index contributed by atoms with van der Waals surface area (Å²) >= 11 is 6.19. The molecule has 1 heterocycles. The minimum atomic E-state index is -4.05. The average Bonchev–Trinajstić information content (AvgIpc) is 3.14. The Morgan fingerprint density at radius 3 is 2.75 bits per heavy atom. The molecule has 3 aromatic rings. The fraction of sp³-hybridized carbons (Fsp3) is 0.200. The Balaban J connectivity index is 1.70. The summed E-state index contributed by atoms with van der Waals surface area (Å²) in [4.78, 5) is 17.1. The molecule has 2 aromatic carbocycles. The minimum absolute atomic E-state index is 0.0633. The standard InChI is InChI=1S/C20H17ClN2O4S/c1-27-20-18-14(16(21)11-22-20)9-10-15(18)19(24)23-28(25,26)17-8-4-6-12-5-2-3-7-13(12)17/h2-8,11,15H,9-10H2,1H3,(H,23,24). The van der Waals surface area contributed by atoms with Crippen LogP contribution in [0, 0.1) is 0 Å². The zero-order chi connectivity index (χ0) is 19.9. The smallest absolute Gasteiger partial charge is 0.264 e. The third-order valence-corrected chi connectivity index (χ3v) is 6.69. The van der Waals surface area contributed by atoms with E-state index in [1.165, 1.54) is 19.4 Å². The van der Waals surface area contributed by atoms with Crippen LogP contribution in [0.2, 0.25) is 5.02 Å². The van der Waals surface area contributed by atoms with Crippen LogP contribution in [0.1, 0.15) is 23.5 Å². The van der Waals surface area contributed by atoms with Crippen LogP contribution in [0.5, 0.6) is 5.88 Å². The van der Waals surface area contributed by atoms with Crippen LogP contribution in [0.15, 0.2) is 53.6 Å². The molecule has 144 valence electrons. The second-order valence-corrected chi connectivity index (χ2v) is 8.60. The van der Waals surface area contributed by atoms with E-state index >= 15 is 0 Å². The zero-order valence-electron chi connectivity index (χ0n) is 15.0. The molecule has 0 saturated carbocycles. The highest BCUT2D eigenvalue weighted by Gasteiger charge is 2.36. The molecular formula is C20H17ClN2O4S. The van der Waals surface area contributed by atoms with Gasteiger partial charge in [-0.1, -0.05) is 48.0 Å². The Morgan fingerprint density at radius 1 is 1.21 bits per heavy atom. The number of halogens is 1. The van der Waals surface area contributed by atoms with Gasteiger partial charge in [-0.2, -0.15) is 0 Å². The maximum Gasteiger partial charge on any atom is 0.264 e. The Labute approximate surface area is 167 Å². The van der Waals surface area contributed by atoms with Crippen molar-refractivity contribution in [2.75, 3.05) is 7.11 Å². The van der Waals surface area contributed by atoms with Crippen LogP contribution >= 0.6 is 11.6 Å². The van der Waals surface area contributed by atoms with Gasteiger partial charge in [0, 0.05) is 17.1 Å². The van der Waals surface area contributed by atoms with Crippen LogP contribution in [-0.2, 0) is 21.2 Å². The van der Waals surface area contributed by atoms with Crippen molar-refractivity contribution >= 4 is 38.3 Å². The summed E-state index contributed by atoms with van der Waals surface area (Å²) in [5.74, 6) is -1.02. The summed E-state index contributed by atoms with van der Waals surface area (Å²) in [6.45, 7) is 0. The normalized spacial score (nSPS) is 16.0. The topological polar surface area (TPSA) is 85.4 Å². The van der Waals surface area contributed by atoms with E-state index in [9.17, 15) is 13.2 Å². The number of pyridine rings is 1. The minimum Gasteiger partial charge on any atom is -0.481 e. The van der Waals surface area contributed by atoms with Gasteiger partial charge in [0.05, 0.1) is 22.9 Å². The van der Waals surface area contributed by atoms with Crippen molar-refractivity contribution in [1.82, 2.24) is 9.71 Å². The van der Waals surface area contributed by atoms with Crippen molar-refractivity contribution in [2.24, 2.45) is 0 Å². The Hall–Kier alpha value is -2.64. The first kappa shape index (κ1) is 18.7. The summed E-state index contributed by atoms with van der Waals surface area (Å²) in [7, 11) is -2.59. The van der Waals surface area contributed by atoms with Crippen LogP contribution in [0.3, 0.4) is 0 Å². The van der Waals surface area contributed by atoms with Gasteiger partial charge >= 0.3 is 0 Å². The number of methoxy groups -OCH3 is 1. The van der Waals surface area contributed by atoms with Gasteiger partial charge in [-0.25, -0.2) is 18.1 Å². The first-order chi connectivity index (χ1) is 13.4. The van der Waals surface area contributed by atoms with Crippen LogP contribution in [0.25, 0.3) is 10.8 Å². The SMILES string of the molecule is COc1ncc(Cl)c2c1C(C(=O)NS(=O)(=O)c1cccc3ccccc13)CC2. The lowest BCUT2D eigenvalue weighted by molar-refractivity contribution is -0.120. The van der Waals surface area contributed by atoms with Crippen LogP contribution in [0.4, 0.5) is 0 Å². The number of aromatic nitrogens is 1. The van der Waals surface area contributed by atoms with E-state index in [2.05, 4.69) is 9.71 Å². The highest BCUT2D eigenvalue weighted by molar-refractivity contribution is 7.90. The number of carbonyl (C=O) groups excluding carboxylic acids is 1. The lowest BCUT2D eigenvalue weighted by atomic mass is 10.0. The second-order valence-electron chi connectivity index (χ2n) is 6.55. The fourth-order valence-electron chi connectivity index (χ4n) is 3.68. The predicted octanol–water partition coefficient (Wildman–Crippen LogP) is 3.43. The summed E-state index contributed by atoms with van der Waals surface area (Å²) in [6.07, 6.45) is 2.47. The van der Waals surface area contributed by atoms with E-state index in [0.717, 1.165) is 10.9 Å². The lowest BCUT2D eigenvalue weighted by Crippen LogP contribution is -2.34. The van der Waals surface area contributed by atoms with Crippen molar-refractivity contribution in [3.8, 4) is 5.88 Å². The third-order valence-electron chi connectivity index (χ3n) is 4.95. The van der Waals surface area contributed by atoms with Gasteiger partial charge in [0.25, 0.3) is 10.0 Å². The Kier molecular flexibility index (Phi) is 4.72. The summed E-state index contributed by atoms with van der Waals surface area (Å²) in [6, 6.07) is 12.1. The maximum absolute atomic E-state index is 12.9. The van der Waals surface area contributed by atoms with Crippen molar-refractivity contribution in [3.05, 3.63) is 64.8 Å². The Bertz CT molecular complexity index is 1190. The number of hydrogen-bond donors (Lipinski definition) is 1. The maximum atomic E-state index is 12.9. The number of nitrogens with one attached hydrogen (secondary N) is 1. The van der Waals surface area contributed by atoms with E-state index in [1.54, 1.807) is 18.2 Å². The van der Waals surface area contributed by atoms with E-state index in [0.29, 0.717) is 34.7 Å². The third kappa shape index (κ3) is 3.10. The number of carbonyl (C=O) groups is 1. The Morgan fingerprint density at radius 2 is 1.96 bits per heavy atom. The van der Waals surface area contributed by atoms with Gasteiger partial charge in [-0.15, -0.1) is 0 Å². The number of benzene rings is 2. The van der Waals surface area contributed by atoms with Gasteiger partial charge in [0.1, 0.15) is 0 Å². The molecule has 1 atom stereocenters. The van der Waals surface area contributed by atoms with E-state index in [1.807, 2.05) is 18.2 Å². The number of rotatable bonds is 4. The van der Waals surface area contributed by atoms with Crippen LogP contribution in [-0.4, -0.2) is 26.4 Å². The molecule has 28 heavy (non-hydrogen) atoms. The van der Waals surface area contributed by atoms with Crippen molar-refractivity contribution in [2.45, 2.75) is 23.7 Å². The predicted molar refractivity (Wildman–Crippen MR) is 106 cm³/mol. The number of fused-ring (bicyclic) bond motifs is 2. The van der Waals surface area contributed by atoms with Crippen molar-refractivity contribution in [3.63, 3.8) is 0 Å². The summed E-state index contributed by atoms with van der Waals surface area (Å²) < 4.78 is 33.4. The molecule has 4 rings (SSSR count). The highest BCUT2D eigenvalue weighted by atomic mass is 35.5. The van der Waals surface area contributed by atoms with Crippen molar-refractivity contribution in [1.29, 1.82) is 0 Å². The molecule has 1 unspecified atom stereocenters. The molecular weight excluding hydrogens is 400 g/mol. The molecule has 1 amide bonds. The van der Waals surface area contributed by atoms with Crippen LogP contribution < -0.4 is 9.46 Å². The molecule has 8 heteroatoms. The number of ether oxygens (including phenoxy) is 1. The van der Waals surface area contributed by atoms with Gasteiger partial charge < -0.3 is 4.74 Å². The van der Waals surface area contributed by atoms with Gasteiger partial charge in [-0.3, -0.25) is 4.79 Å². The molecule has 0 saturated heterocycles. The highest BCUT2D eigenvalue weighted by Crippen LogP contribution is 2.41. The average molecular weight is 417 g/mol. The molecule has 0 fully saturated rings. The molecule has 1 aliphatic rings. The molecule has 1 aliphatic carbocycles. The van der Waals surface area contributed by atoms with Gasteiger partial charge in [0.2, 0.25) is 11.8 Å². The molecule has 6 nitrogen and oxygen atoms in total. The first-order valence-electron chi connectivity index (χ1n) is 8.68. The van der Waals surface area contributed by atoms with Gasteiger partial charge in [-0.05, 0) is 29.9 Å². The molecule has 0 aliphatic heterocycles. The lowest BCUT2D eigenvalue weighted by Gasteiger charge is -2.16. The molecule has 0 radical (unpaired) electrons. The summed E-state index contributed by atoms with van der Waals surface area (Å²) in [5.41, 5.74) is 1.33. The molecule has 1 aromatic heterocycles. The monoisotopic (exact) mass is 416 g/mol. The largest absolute Gasteiger partial charge is 0.481 e. The van der Waals surface area contributed by atoms with E-state index < -0.39 is 21.8 Å². The summed E-state index contributed by atoms with van der Waals surface area (Å²) in [5, 5.41) is 1.78. The zero-order valence-corrected chi connectivity index (χ0v) is 16.5. The molecule has 0 bridgehead atoms. The second kappa shape index (κ2) is 7.07. The number of hydrogen-bond acceptors (Lipinski definition) is 5. The number of amides is 1. The first-order valence-corrected chi connectivity index (χ1v) is 10.5. The van der Waals surface area contributed by atoms with E-state index in [-0.39, 0.29) is 4.90 Å². The quantitative estimate of drug-likeness (QED) is 0.704. The molecule has 1 N–H and O–H groups in total.